The first-order valence-corrected chi connectivity index (χ1v) is 10.6. The summed E-state index contributed by atoms with van der Waals surface area (Å²) in [6.45, 7) is 6.06. The largest absolute Gasteiger partial charge is 0.368 e. The van der Waals surface area contributed by atoms with E-state index in [0.29, 0.717) is 29.1 Å². The number of anilines is 1. The van der Waals surface area contributed by atoms with Gasteiger partial charge in [0.05, 0.1) is 18.4 Å². The summed E-state index contributed by atoms with van der Waals surface area (Å²) in [5, 5.41) is 3.38. The van der Waals surface area contributed by atoms with E-state index in [1.54, 1.807) is 26.2 Å². The van der Waals surface area contributed by atoms with Gasteiger partial charge in [-0.3, -0.25) is 24.0 Å². The van der Waals surface area contributed by atoms with Gasteiger partial charge in [-0.2, -0.15) is 0 Å². The second-order valence-corrected chi connectivity index (χ2v) is 8.09. The predicted octanol–water partition coefficient (Wildman–Crippen LogP) is 0.243. The molecule has 4 rings (SSSR count). The lowest BCUT2D eigenvalue weighted by atomic mass is 10.2. The molecule has 11 heteroatoms. The standard InChI is InChI=1S/C19H23N7O3S/c1-3-26-18(28)15-16(23-19(26)29)22-14(30-15)11-24-6-8-25(9-7-24)12-4-5-13(21-10-12)17(27)20-2/h4-5,10H,3,6-9,11H2,1-2H3,(H,20,27)(H,23,29). The van der Waals surface area contributed by atoms with Crippen molar-refractivity contribution in [2.45, 2.75) is 20.0 Å². The van der Waals surface area contributed by atoms with Crippen LogP contribution < -0.4 is 21.5 Å². The number of nitrogens with one attached hydrogen (secondary N) is 2. The molecule has 10 nitrogen and oxygen atoms in total. The van der Waals surface area contributed by atoms with Crippen molar-refractivity contribution in [1.29, 1.82) is 0 Å². The first-order chi connectivity index (χ1) is 14.5. The number of rotatable bonds is 5. The van der Waals surface area contributed by atoms with Crippen LogP contribution in [0.5, 0.6) is 0 Å². The van der Waals surface area contributed by atoms with Gasteiger partial charge in [0.1, 0.15) is 15.4 Å². The monoisotopic (exact) mass is 429 g/mol. The fraction of sp³-hybridized carbons (Fsp3) is 0.421. The lowest BCUT2D eigenvalue weighted by molar-refractivity contribution is 0.0958. The SMILES string of the molecule is CCn1c(=O)[nH]c2nc(CN3CCN(c4ccc(C(=O)NC)nc4)CC3)sc2c1=O. The van der Waals surface area contributed by atoms with Crippen LogP contribution in [0.2, 0.25) is 0 Å². The summed E-state index contributed by atoms with van der Waals surface area (Å²) in [6, 6.07) is 3.64. The number of piperazine rings is 1. The van der Waals surface area contributed by atoms with Crippen LogP contribution in [0.25, 0.3) is 10.3 Å². The van der Waals surface area contributed by atoms with E-state index < -0.39 is 5.69 Å². The van der Waals surface area contributed by atoms with Crippen molar-refractivity contribution in [3.05, 3.63) is 49.9 Å². The van der Waals surface area contributed by atoms with Crippen molar-refractivity contribution in [2.24, 2.45) is 0 Å². The smallest absolute Gasteiger partial charge is 0.330 e. The fourth-order valence-corrected chi connectivity index (χ4v) is 4.53. The summed E-state index contributed by atoms with van der Waals surface area (Å²) in [7, 11) is 1.58. The average Bonchev–Trinajstić information content (AvgIpc) is 3.16. The maximum atomic E-state index is 12.4. The zero-order valence-corrected chi connectivity index (χ0v) is 17.7. The number of nitrogens with zero attached hydrogens (tertiary/aromatic N) is 5. The molecular formula is C19H23N7O3S. The number of fused-ring (bicyclic) bond motifs is 1. The molecule has 1 aliphatic heterocycles. The molecule has 1 saturated heterocycles. The minimum Gasteiger partial charge on any atom is -0.368 e. The van der Waals surface area contributed by atoms with Crippen molar-refractivity contribution in [3.8, 4) is 0 Å². The van der Waals surface area contributed by atoms with E-state index in [2.05, 4.69) is 30.1 Å². The number of carbonyl (C=O) groups excluding carboxylic acids is 1. The molecule has 0 aromatic carbocycles. The number of pyridine rings is 1. The Bertz CT molecular complexity index is 1170. The summed E-state index contributed by atoms with van der Waals surface area (Å²) in [5.41, 5.74) is 1.06. The Kier molecular flexibility index (Phi) is 5.64. The molecule has 0 unspecified atom stereocenters. The van der Waals surface area contributed by atoms with Crippen LogP contribution in [-0.4, -0.2) is 63.6 Å². The molecule has 4 heterocycles. The highest BCUT2D eigenvalue weighted by atomic mass is 32.1. The van der Waals surface area contributed by atoms with Crippen molar-refractivity contribution in [3.63, 3.8) is 0 Å². The number of hydrogen-bond donors (Lipinski definition) is 2. The first-order valence-electron chi connectivity index (χ1n) is 9.78. The summed E-state index contributed by atoms with van der Waals surface area (Å²) in [5.74, 6) is -0.200. The van der Waals surface area contributed by atoms with Crippen LogP contribution in [0.1, 0.15) is 22.4 Å². The van der Waals surface area contributed by atoms with E-state index in [-0.39, 0.29) is 11.5 Å². The highest BCUT2D eigenvalue weighted by Crippen LogP contribution is 2.20. The Morgan fingerprint density at radius 1 is 1.23 bits per heavy atom. The number of carbonyl (C=O) groups is 1. The van der Waals surface area contributed by atoms with E-state index in [0.717, 1.165) is 36.9 Å². The summed E-state index contributed by atoms with van der Waals surface area (Å²) in [4.78, 5) is 51.9. The summed E-state index contributed by atoms with van der Waals surface area (Å²) >= 11 is 1.34. The van der Waals surface area contributed by atoms with Gasteiger partial charge in [-0.25, -0.2) is 14.8 Å². The van der Waals surface area contributed by atoms with Crippen LogP contribution >= 0.6 is 11.3 Å². The number of H-pyrrole nitrogens is 1. The third-order valence-electron chi connectivity index (χ3n) is 5.20. The first kappa shape index (κ1) is 20.2. The van der Waals surface area contributed by atoms with Gasteiger partial charge < -0.3 is 10.2 Å². The summed E-state index contributed by atoms with van der Waals surface area (Å²) < 4.78 is 1.68. The maximum absolute atomic E-state index is 12.4. The van der Waals surface area contributed by atoms with E-state index in [1.165, 1.54) is 15.9 Å². The molecule has 1 aliphatic rings. The Hall–Kier alpha value is -3.05. The number of hydrogen-bond acceptors (Lipinski definition) is 8. The molecule has 0 aliphatic carbocycles. The highest BCUT2D eigenvalue weighted by molar-refractivity contribution is 7.18. The molecule has 1 amide bonds. The molecule has 0 radical (unpaired) electrons. The van der Waals surface area contributed by atoms with Crippen LogP contribution in [0.15, 0.2) is 27.9 Å². The third kappa shape index (κ3) is 3.85. The van der Waals surface area contributed by atoms with Crippen LogP contribution in [0, 0.1) is 0 Å². The van der Waals surface area contributed by atoms with Gasteiger partial charge in [0.25, 0.3) is 11.5 Å². The van der Waals surface area contributed by atoms with E-state index in [9.17, 15) is 14.4 Å². The zero-order valence-electron chi connectivity index (χ0n) is 16.8. The van der Waals surface area contributed by atoms with Crippen LogP contribution in [0.4, 0.5) is 5.69 Å². The molecule has 0 spiro atoms. The lowest BCUT2D eigenvalue weighted by Crippen LogP contribution is -2.46. The van der Waals surface area contributed by atoms with Gasteiger partial charge in [-0.1, -0.05) is 0 Å². The number of amides is 1. The Morgan fingerprint density at radius 2 is 2.00 bits per heavy atom. The van der Waals surface area contributed by atoms with E-state index in [1.807, 2.05) is 6.07 Å². The van der Waals surface area contributed by atoms with E-state index >= 15 is 0 Å². The molecule has 1 fully saturated rings. The molecule has 0 saturated carbocycles. The molecule has 0 atom stereocenters. The molecule has 158 valence electrons. The minimum atomic E-state index is -0.420. The van der Waals surface area contributed by atoms with Crippen LogP contribution in [0.3, 0.4) is 0 Å². The molecule has 30 heavy (non-hydrogen) atoms. The number of aromatic nitrogens is 4. The Labute approximate surface area is 176 Å². The zero-order chi connectivity index (χ0) is 21.3. The molecule has 3 aromatic rings. The minimum absolute atomic E-state index is 0.200. The predicted molar refractivity (Wildman–Crippen MR) is 115 cm³/mol. The van der Waals surface area contributed by atoms with Gasteiger partial charge >= 0.3 is 5.69 Å². The molecule has 0 bridgehead atoms. The molecular weight excluding hydrogens is 406 g/mol. The second kappa shape index (κ2) is 8.36. The Morgan fingerprint density at radius 3 is 2.63 bits per heavy atom. The van der Waals surface area contributed by atoms with Crippen LogP contribution in [-0.2, 0) is 13.1 Å². The van der Waals surface area contributed by atoms with Gasteiger partial charge in [-0.05, 0) is 19.1 Å². The van der Waals surface area contributed by atoms with Gasteiger partial charge in [0, 0.05) is 39.8 Å². The molecule has 2 N–H and O–H groups in total. The lowest BCUT2D eigenvalue weighted by Gasteiger charge is -2.35. The third-order valence-corrected chi connectivity index (χ3v) is 6.23. The van der Waals surface area contributed by atoms with Gasteiger partial charge in [-0.15, -0.1) is 11.3 Å². The average molecular weight is 430 g/mol. The maximum Gasteiger partial charge on any atom is 0.330 e. The van der Waals surface area contributed by atoms with Gasteiger partial charge in [0.2, 0.25) is 0 Å². The summed E-state index contributed by atoms with van der Waals surface area (Å²) in [6.07, 6.45) is 1.73. The normalized spacial score (nSPS) is 14.9. The number of aromatic amines is 1. The van der Waals surface area contributed by atoms with Gasteiger partial charge in [0.15, 0.2) is 5.65 Å². The van der Waals surface area contributed by atoms with Crippen molar-refractivity contribution >= 4 is 33.3 Å². The fourth-order valence-electron chi connectivity index (χ4n) is 3.52. The van der Waals surface area contributed by atoms with Crippen molar-refractivity contribution in [2.75, 3.05) is 38.1 Å². The van der Waals surface area contributed by atoms with Crippen molar-refractivity contribution in [1.82, 2.24) is 29.7 Å². The Balaban J connectivity index is 1.41. The van der Waals surface area contributed by atoms with Crippen molar-refractivity contribution < 1.29 is 4.79 Å². The topological polar surface area (TPSA) is 116 Å². The highest BCUT2D eigenvalue weighted by Gasteiger charge is 2.20. The van der Waals surface area contributed by atoms with E-state index in [4.69, 9.17) is 0 Å². The molecule has 3 aromatic heterocycles. The second-order valence-electron chi connectivity index (χ2n) is 7.01. The quantitative estimate of drug-likeness (QED) is 0.597. The number of thiazole rings is 1.